The molecule has 0 amide bonds. The van der Waals surface area contributed by atoms with Crippen molar-refractivity contribution in [2.24, 2.45) is 0 Å². The molecular weight excluding hydrogens is 220 g/mol. The van der Waals surface area contributed by atoms with E-state index in [-0.39, 0.29) is 0 Å². The second kappa shape index (κ2) is 5.37. The van der Waals surface area contributed by atoms with Gasteiger partial charge in [0.2, 0.25) is 0 Å². The fraction of sp³-hybridized carbons (Fsp3) is 0.417. The predicted molar refractivity (Wildman–Crippen MR) is 67.9 cm³/mol. The van der Waals surface area contributed by atoms with Crippen molar-refractivity contribution in [3.05, 3.63) is 24.3 Å². The highest BCUT2D eigenvalue weighted by Gasteiger charge is 2.08. The third-order valence-electron chi connectivity index (χ3n) is 2.58. The van der Waals surface area contributed by atoms with Crippen LogP contribution in [-0.2, 0) is 0 Å². The van der Waals surface area contributed by atoms with Crippen molar-refractivity contribution < 1.29 is 4.42 Å². The molecule has 0 fully saturated rings. The molecule has 0 aliphatic rings. The topological polar surface area (TPSA) is 38.1 Å². The Balaban J connectivity index is 2.04. The summed E-state index contributed by atoms with van der Waals surface area (Å²) in [4.78, 5) is 4.42. The van der Waals surface area contributed by atoms with Crippen molar-refractivity contribution in [3.8, 4) is 0 Å². The van der Waals surface area contributed by atoms with Crippen LogP contribution in [0.5, 0.6) is 0 Å². The zero-order valence-corrected chi connectivity index (χ0v) is 10.4. The molecule has 0 spiro atoms. The van der Waals surface area contributed by atoms with E-state index < -0.39 is 0 Å². The van der Waals surface area contributed by atoms with Crippen LogP contribution in [0.1, 0.15) is 13.3 Å². The highest BCUT2D eigenvalue weighted by molar-refractivity contribution is 7.99. The summed E-state index contributed by atoms with van der Waals surface area (Å²) in [6.45, 7) is 2.17. The van der Waals surface area contributed by atoms with Crippen molar-refractivity contribution >= 4 is 22.9 Å². The van der Waals surface area contributed by atoms with Gasteiger partial charge in [0, 0.05) is 11.8 Å². The SMILES string of the molecule is CCC(CSc1nc2ccccc2o1)NC. The molecule has 1 N–H and O–H groups in total. The Hall–Kier alpha value is -1.00. The first-order valence-electron chi connectivity index (χ1n) is 5.49. The summed E-state index contributed by atoms with van der Waals surface area (Å²) in [6.07, 6.45) is 1.11. The molecule has 1 atom stereocenters. The first-order chi connectivity index (χ1) is 7.83. The number of benzene rings is 1. The average molecular weight is 236 g/mol. The van der Waals surface area contributed by atoms with Crippen molar-refractivity contribution in [3.63, 3.8) is 0 Å². The van der Waals surface area contributed by atoms with E-state index in [0.29, 0.717) is 6.04 Å². The molecule has 0 saturated carbocycles. The molecule has 0 aliphatic heterocycles. The average Bonchev–Trinajstić information content (AvgIpc) is 2.73. The second-order valence-corrected chi connectivity index (χ2v) is 4.62. The molecule has 4 heteroatoms. The van der Waals surface area contributed by atoms with Crippen LogP contribution >= 0.6 is 11.8 Å². The quantitative estimate of drug-likeness (QED) is 0.810. The summed E-state index contributed by atoms with van der Waals surface area (Å²) in [5, 5.41) is 4.02. The van der Waals surface area contributed by atoms with E-state index in [9.17, 15) is 0 Å². The molecule has 1 aromatic heterocycles. The first kappa shape index (κ1) is 11.5. The molecule has 2 rings (SSSR count). The molecule has 0 bridgehead atoms. The van der Waals surface area contributed by atoms with Crippen LogP contribution in [-0.4, -0.2) is 23.8 Å². The number of hydrogen-bond acceptors (Lipinski definition) is 4. The third-order valence-corrected chi connectivity index (χ3v) is 3.57. The molecule has 0 saturated heterocycles. The first-order valence-corrected chi connectivity index (χ1v) is 6.47. The molecule has 1 heterocycles. The molecular formula is C12H16N2OS. The number of thioether (sulfide) groups is 1. The van der Waals surface area contributed by atoms with Crippen molar-refractivity contribution in [2.75, 3.05) is 12.8 Å². The highest BCUT2D eigenvalue weighted by atomic mass is 32.2. The van der Waals surface area contributed by atoms with Gasteiger partial charge in [-0.3, -0.25) is 0 Å². The van der Waals surface area contributed by atoms with E-state index >= 15 is 0 Å². The maximum absolute atomic E-state index is 5.63. The Kier molecular flexibility index (Phi) is 3.85. The maximum atomic E-state index is 5.63. The summed E-state index contributed by atoms with van der Waals surface area (Å²) >= 11 is 1.66. The monoisotopic (exact) mass is 236 g/mol. The smallest absolute Gasteiger partial charge is 0.256 e. The van der Waals surface area contributed by atoms with Gasteiger partial charge in [-0.15, -0.1) is 0 Å². The van der Waals surface area contributed by atoms with Crippen LogP contribution in [0.25, 0.3) is 11.1 Å². The standard InChI is InChI=1S/C12H16N2OS/c1-3-9(13-2)8-16-12-14-10-6-4-5-7-11(10)15-12/h4-7,9,13H,3,8H2,1-2H3. The number of para-hydroxylation sites is 2. The number of rotatable bonds is 5. The highest BCUT2D eigenvalue weighted by Crippen LogP contribution is 2.23. The van der Waals surface area contributed by atoms with Gasteiger partial charge in [0.25, 0.3) is 5.22 Å². The Morgan fingerprint density at radius 2 is 2.25 bits per heavy atom. The molecule has 0 radical (unpaired) electrons. The largest absolute Gasteiger partial charge is 0.431 e. The molecule has 3 nitrogen and oxygen atoms in total. The summed E-state index contributed by atoms with van der Waals surface area (Å²) in [5.74, 6) is 0.986. The molecule has 86 valence electrons. The fourth-order valence-corrected chi connectivity index (χ4v) is 2.55. The minimum absolute atomic E-state index is 0.514. The predicted octanol–water partition coefficient (Wildman–Crippen LogP) is 2.92. The summed E-state index contributed by atoms with van der Waals surface area (Å²) < 4.78 is 5.63. The van der Waals surface area contributed by atoms with E-state index in [1.54, 1.807) is 11.8 Å². The van der Waals surface area contributed by atoms with Crippen LogP contribution in [0, 0.1) is 0 Å². The number of nitrogens with one attached hydrogen (secondary N) is 1. The van der Waals surface area contributed by atoms with Crippen molar-refractivity contribution in [2.45, 2.75) is 24.6 Å². The Labute approximate surface area is 99.6 Å². The molecule has 1 aromatic carbocycles. The minimum atomic E-state index is 0.514. The molecule has 0 aliphatic carbocycles. The Morgan fingerprint density at radius 1 is 1.44 bits per heavy atom. The van der Waals surface area contributed by atoms with Crippen molar-refractivity contribution in [1.82, 2.24) is 10.3 Å². The van der Waals surface area contributed by atoms with Crippen LogP contribution in [0.3, 0.4) is 0 Å². The van der Waals surface area contributed by atoms with E-state index in [0.717, 1.165) is 28.5 Å². The molecule has 1 unspecified atom stereocenters. The Morgan fingerprint density at radius 3 is 2.94 bits per heavy atom. The number of nitrogens with zero attached hydrogens (tertiary/aromatic N) is 1. The lowest BCUT2D eigenvalue weighted by Crippen LogP contribution is -2.26. The van der Waals surface area contributed by atoms with E-state index in [1.807, 2.05) is 31.3 Å². The van der Waals surface area contributed by atoms with Gasteiger partial charge in [-0.25, -0.2) is 4.98 Å². The lowest BCUT2D eigenvalue weighted by molar-refractivity contribution is 0.487. The number of oxazole rings is 1. The van der Waals surface area contributed by atoms with Crippen LogP contribution in [0.2, 0.25) is 0 Å². The minimum Gasteiger partial charge on any atom is -0.431 e. The Bertz CT molecular complexity index is 418. The van der Waals surface area contributed by atoms with Gasteiger partial charge in [0.1, 0.15) is 5.52 Å². The van der Waals surface area contributed by atoms with Gasteiger partial charge in [-0.2, -0.15) is 0 Å². The lowest BCUT2D eigenvalue weighted by atomic mass is 10.3. The van der Waals surface area contributed by atoms with Gasteiger partial charge in [-0.05, 0) is 25.6 Å². The van der Waals surface area contributed by atoms with Gasteiger partial charge in [-0.1, -0.05) is 30.8 Å². The summed E-state index contributed by atoms with van der Waals surface area (Å²) in [6, 6.07) is 8.37. The third kappa shape index (κ3) is 2.57. The van der Waals surface area contributed by atoms with Gasteiger partial charge in [0.15, 0.2) is 5.58 Å². The number of fused-ring (bicyclic) bond motifs is 1. The van der Waals surface area contributed by atoms with Crippen LogP contribution in [0.15, 0.2) is 33.9 Å². The van der Waals surface area contributed by atoms with E-state index in [2.05, 4.69) is 17.2 Å². The second-order valence-electron chi connectivity index (χ2n) is 3.65. The lowest BCUT2D eigenvalue weighted by Gasteiger charge is -2.10. The zero-order chi connectivity index (χ0) is 11.4. The summed E-state index contributed by atoms with van der Waals surface area (Å²) in [5.41, 5.74) is 1.80. The van der Waals surface area contributed by atoms with Gasteiger partial charge >= 0.3 is 0 Å². The van der Waals surface area contributed by atoms with E-state index in [1.165, 1.54) is 0 Å². The molecule has 2 aromatic rings. The number of aromatic nitrogens is 1. The van der Waals surface area contributed by atoms with Crippen LogP contribution in [0.4, 0.5) is 0 Å². The van der Waals surface area contributed by atoms with Gasteiger partial charge in [0.05, 0.1) is 0 Å². The number of hydrogen-bond donors (Lipinski definition) is 1. The maximum Gasteiger partial charge on any atom is 0.256 e. The fourth-order valence-electron chi connectivity index (χ4n) is 1.49. The summed E-state index contributed by atoms with van der Waals surface area (Å²) in [7, 11) is 1.99. The van der Waals surface area contributed by atoms with Crippen LogP contribution < -0.4 is 5.32 Å². The molecule has 16 heavy (non-hydrogen) atoms. The normalized spacial score (nSPS) is 13.1. The van der Waals surface area contributed by atoms with Crippen molar-refractivity contribution in [1.29, 1.82) is 0 Å². The van der Waals surface area contributed by atoms with Gasteiger partial charge < -0.3 is 9.73 Å². The zero-order valence-electron chi connectivity index (χ0n) is 9.56. The van der Waals surface area contributed by atoms with E-state index in [4.69, 9.17) is 4.42 Å².